The third-order valence-electron chi connectivity index (χ3n) is 5.76. The largest absolute Gasteiger partial charge is 0.366 e. The molecule has 1 aliphatic heterocycles. The maximum Gasteiger partial charge on any atom is 0.207 e. The number of anilines is 1. The molecule has 4 rings (SSSR count). The van der Waals surface area contributed by atoms with Gasteiger partial charge in [0.05, 0.1) is 23.0 Å². The van der Waals surface area contributed by atoms with Gasteiger partial charge in [0.2, 0.25) is 6.41 Å². The van der Waals surface area contributed by atoms with Gasteiger partial charge in [0.1, 0.15) is 0 Å². The normalized spacial score (nSPS) is 13.7. The number of hydrogen-bond acceptors (Lipinski definition) is 5. The minimum Gasteiger partial charge on any atom is -0.366 e. The van der Waals surface area contributed by atoms with Gasteiger partial charge in [-0.2, -0.15) is 10.2 Å². The fourth-order valence-corrected chi connectivity index (χ4v) is 4.26. The maximum absolute atomic E-state index is 10.3. The standard InChI is InChI=1S/C21H29N7O/c1-15-11-20(17-12-23-26(3)21(17)24-15)27-10-7-19-18(13-27)16(2)25-28(19)9-6-4-5-8-22-14-29/h11-12,14H,4-10,13H2,1-3H3,(H,22,29). The van der Waals surface area contributed by atoms with Crippen LogP contribution in [0.5, 0.6) is 0 Å². The molecule has 154 valence electrons. The van der Waals surface area contributed by atoms with Gasteiger partial charge in [-0.3, -0.25) is 14.2 Å². The lowest BCUT2D eigenvalue weighted by Crippen LogP contribution is -2.31. The predicted octanol–water partition coefficient (Wildman–Crippen LogP) is 2.26. The van der Waals surface area contributed by atoms with E-state index in [9.17, 15) is 4.79 Å². The van der Waals surface area contributed by atoms with Crippen LogP contribution in [0.3, 0.4) is 0 Å². The first-order valence-electron chi connectivity index (χ1n) is 10.3. The molecule has 0 atom stereocenters. The number of hydrogen-bond donors (Lipinski definition) is 1. The third-order valence-corrected chi connectivity index (χ3v) is 5.76. The summed E-state index contributed by atoms with van der Waals surface area (Å²) in [6.45, 7) is 7.69. The molecule has 1 aliphatic rings. The Morgan fingerprint density at radius 2 is 2.10 bits per heavy atom. The van der Waals surface area contributed by atoms with E-state index in [2.05, 4.69) is 38.0 Å². The number of aryl methyl sites for hydroxylation is 4. The molecule has 29 heavy (non-hydrogen) atoms. The first-order valence-corrected chi connectivity index (χ1v) is 10.3. The number of carbonyl (C=O) groups is 1. The highest BCUT2D eigenvalue weighted by molar-refractivity contribution is 5.89. The molecule has 3 aromatic heterocycles. The average Bonchev–Trinajstić information content (AvgIpc) is 3.24. The van der Waals surface area contributed by atoms with E-state index in [-0.39, 0.29) is 0 Å². The van der Waals surface area contributed by atoms with Crippen LogP contribution in [0.2, 0.25) is 0 Å². The smallest absolute Gasteiger partial charge is 0.207 e. The molecule has 3 aromatic rings. The summed E-state index contributed by atoms with van der Waals surface area (Å²) in [5.74, 6) is 0. The van der Waals surface area contributed by atoms with Crippen LogP contribution in [0.1, 0.15) is 41.9 Å². The van der Waals surface area contributed by atoms with Crippen LogP contribution in [-0.4, -0.2) is 44.0 Å². The zero-order valence-corrected chi connectivity index (χ0v) is 17.5. The van der Waals surface area contributed by atoms with Crippen LogP contribution < -0.4 is 10.2 Å². The number of pyridine rings is 1. The topological polar surface area (TPSA) is 80.9 Å². The lowest BCUT2D eigenvalue weighted by atomic mass is 10.0. The summed E-state index contributed by atoms with van der Waals surface area (Å²) in [5.41, 5.74) is 7.01. The SMILES string of the molecule is Cc1cc(N2CCc3c(c(C)nn3CCCCCNC=O)C2)c2cnn(C)c2n1. The van der Waals surface area contributed by atoms with E-state index < -0.39 is 0 Å². The number of aromatic nitrogens is 5. The van der Waals surface area contributed by atoms with Crippen molar-refractivity contribution in [3.8, 4) is 0 Å². The molecule has 0 saturated carbocycles. The fraction of sp³-hybridized carbons (Fsp3) is 0.524. The van der Waals surface area contributed by atoms with E-state index in [1.54, 1.807) is 0 Å². The number of nitrogens with zero attached hydrogens (tertiary/aromatic N) is 6. The molecule has 4 heterocycles. The van der Waals surface area contributed by atoms with Crippen molar-refractivity contribution in [2.45, 2.75) is 52.6 Å². The lowest BCUT2D eigenvalue weighted by Gasteiger charge is -2.30. The second-order valence-electron chi connectivity index (χ2n) is 7.83. The molecule has 8 heteroatoms. The third kappa shape index (κ3) is 3.83. The molecule has 0 bridgehead atoms. The van der Waals surface area contributed by atoms with Crippen LogP contribution in [0.15, 0.2) is 12.3 Å². The summed E-state index contributed by atoms with van der Waals surface area (Å²) in [5, 5.41) is 13.1. The van der Waals surface area contributed by atoms with Crippen molar-refractivity contribution in [1.29, 1.82) is 0 Å². The number of unbranched alkanes of at least 4 members (excludes halogenated alkanes) is 2. The molecule has 1 N–H and O–H groups in total. The Kier molecular flexibility index (Phi) is 5.51. The molecule has 1 amide bonds. The quantitative estimate of drug-likeness (QED) is 0.467. The number of rotatable bonds is 8. The summed E-state index contributed by atoms with van der Waals surface area (Å²) in [4.78, 5) is 17.4. The van der Waals surface area contributed by atoms with Crippen molar-refractivity contribution < 1.29 is 4.79 Å². The van der Waals surface area contributed by atoms with Crippen LogP contribution in [0.4, 0.5) is 5.69 Å². The van der Waals surface area contributed by atoms with Crippen LogP contribution in [0, 0.1) is 13.8 Å². The van der Waals surface area contributed by atoms with Gasteiger partial charge in [-0.15, -0.1) is 0 Å². The van der Waals surface area contributed by atoms with Gasteiger partial charge in [0, 0.05) is 56.6 Å². The maximum atomic E-state index is 10.3. The van der Waals surface area contributed by atoms with Gasteiger partial charge in [0.25, 0.3) is 0 Å². The zero-order chi connectivity index (χ0) is 20.4. The number of carbonyl (C=O) groups excluding carboxylic acids is 1. The van der Waals surface area contributed by atoms with E-state index in [1.165, 1.54) is 16.9 Å². The monoisotopic (exact) mass is 395 g/mol. The molecule has 0 spiro atoms. The second kappa shape index (κ2) is 8.23. The van der Waals surface area contributed by atoms with Crippen molar-refractivity contribution in [3.63, 3.8) is 0 Å². The molecule has 0 fully saturated rings. The minimum absolute atomic E-state index is 0.753. The Hall–Kier alpha value is -2.90. The predicted molar refractivity (Wildman–Crippen MR) is 113 cm³/mol. The number of fused-ring (bicyclic) bond motifs is 2. The van der Waals surface area contributed by atoms with Gasteiger partial charge in [0.15, 0.2) is 5.65 Å². The first-order chi connectivity index (χ1) is 14.1. The Balaban J connectivity index is 1.50. The molecule has 8 nitrogen and oxygen atoms in total. The van der Waals surface area contributed by atoms with Crippen molar-refractivity contribution in [2.75, 3.05) is 18.0 Å². The van der Waals surface area contributed by atoms with Crippen LogP contribution >= 0.6 is 0 Å². The zero-order valence-electron chi connectivity index (χ0n) is 17.5. The van der Waals surface area contributed by atoms with Crippen LogP contribution in [0.25, 0.3) is 11.0 Å². The van der Waals surface area contributed by atoms with Gasteiger partial charge >= 0.3 is 0 Å². The van der Waals surface area contributed by atoms with E-state index in [0.717, 1.165) is 80.7 Å². The van der Waals surface area contributed by atoms with Gasteiger partial charge in [-0.05, 0) is 39.2 Å². The average molecular weight is 396 g/mol. The van der Waals surface area contributed by atoms with E-state index in [4.69, 9.17) is 5.10 Å². The van der Waals surface area contributed by atoms with Crippen LogP contribution in [-0.2, 0) is 31.4 Å². The highest BCUT2D eigenvalue weighted by atomic mass is 16.1. The summed E-state index contributed by atoms with van der Waals surface area (Å²) in [7, 11) is 1.94. The molecular weight excluding hydrogens is 366 g/mol. The van der Waals surface area contributed by atoms with Gasteiger partial charge in [-0.1, -0.05) is 0 Å². The molecule has 0 aliphatic carbocycles. The first kappa shape index (κ1) is 19.4. The highest BCUT2D eigenvalue weighted by Crippen LogP contribution is 2.32. The Labute approximate surface area is 170 Å². The van der Waals surface area contributed by atoms with Crippen molar-refractivity contribution in [2.24, 2.45) is 7.05 Å². The lowest BCUT2D eigenvalue weighted by molar-refractivity contribution is -0.109. The Morgan fingerprint density at radius 1 is 1.24 bits per heavy atom. The molecule has 0 saturated heterocycles. The number of nitrogens with one attached hydrogen (secondary N) is 1. The van der Waals surface area contributed by atoms with Gasteiger partial charge < -0.3 is 10.2 Å². The number of amides is 1. The fourth-order valence-electron chi connectivity index (χ4n) is 4.26. The van der Waals surface area contributed by atoms with Crippen molar-refractivity contribution in [3.05, 3.63) is 34.9 Å². The summed E-state index contributed by atoms with van der Waals surface area (Å²) in [6, 6.07) is 2.17. The van der Waals surface area contributed by atoms with E-state index in [0.29, 0.717) is 0 Å². The van der Waals surface area contributed by atoms with E-state index in [1.807, 2.05) is 24.9 Å². The molecule has 0 radical (unpaired) electrons. The highest BCUT2D eigenvalue weighted by Gasteiger charge is 2.25. The van der Waals surface area contributed by atoms with E-state index >= 15 is 0 Å². The van der Waals surface area contributed by atoms with Crippen molar-refractivity contribution in [1.82, 2.24) is 29.9 Å². The minimum atomic E-state index is 0.753. The molecule has 0 aromatic carbocycles. The molecule has 0 unspecified atom stereocenters. The summed E-state index contributed by atoms with van der Waals surface area (Å²) < 4.78 is 4.04. The Bertz CT molecular complexity index is 1020. The summed E-state index contributed by atoms with van der Waals surface area (Å²) in [6.07, 6.45) is 6.86. The summed E-state index contributed by atoms with van der Waals surface area (Å²) >= 11 is 0. The van der Waals surface area contributed by atoms with Crippen molar-refractivity contribution >= 4 is 23.1 Å². The molecular formula is C21H29N7O. The second-order valence-corrected chi connectivity index (χ2v) is 7.83. The van der Waals surface area contributed by atoms with Gasteiger partial charge in [-0.25, -0.2) is 4.98 Å². The Morgan fingerprint density at radius 3 is 2.93 bits per heavy atom.